The van der Waals surface area contributed by atoms with Gasteiger partial charge in [-0.15, -0.1) is 11.3 Å². The molecule has 3 aromatic rings. The summed E-state index contributed by atoms with van der Waals surface area (Å²) in [6, 6.07) is 19.1. The maximum absolute atomic E-state index is 12.0. The number of benzene rings is 2. The lowest BCUT2D eigenvalue weighted by Crippen LogP contribution is -2.07. The molecular weight excluding hydrogens is 361 g/mol. The van der Waals surface area contributed by atoms with Gasteiger partial charge in [-0.1, -0.05) is 53.5 Å². The molecule has 0 unspecified atom stereocenters. The molecule has 24 heavy (non-hydrogen) atoms. The van der Waals surface area contributed by atoms with Crippen LogP contribution in [0.4, 0.5) is 5.69 Å². The van der Waals surface area contributed by atoms with Crippen molar-refractivity contribution in [2.45, 2.75) is 0 Å². The molecule has 0 aliphatic carbocycles. The number of hydrogen-bond acceptors (Lipinski definition) is 2. The minimum atomic E-state index is -0.242. The van der Waals surface area contributed by atoms with Crippen molar-refractivity contribution < 1.29 is 4.79 Å². The maximum Gasteiger partial charge on any atom is 0.248 e. The fraction of sp³-hybridized carbons (Fsp3) is 0. The zero-order chi connectivity index (χ0) is 16.9. The predicted octanol–water partition coefficient (Wildman–Crippen LogP) is 6.37. The van der Waals surface area contributed by atoms with Gasteiger partial charge in [-0.25, -0.2) is 0 Å². The van der Waals surface area contributed by atoms with Gasteiger partial charge in [0.25, 0.3) is 0 Å². The number of nitrogens with one attached hydrogen (secondary N) is 1. The Bertz CT molecular complexity index is 887. The lowest BCUT2D eigenvalue weighted by molar-refractivity contribution is -0.111. The third-order valence-electron chi connectivity index (χ3n) is 3.27. The van der Waals surface area contributed by atoms with E-state index >= 15 is 0 Å². The number of thiophene rings is 1. The largest absolute Gasteiger partial charge is 0.321 e. The summed E-state index contributed by atoms with van der Waals surface area (Å²) in [5.74, 6) is -0.242. The van der Waals surface area contributed by atoms with Gasteiger partial charge in [-0.2, -0.15) is 0 Å². The molecule has 0 saturated carbocycles. The van der Waals surface area contributed by atoms with E-state index in [2.05, 4.69) is 17.4 Å². The normalized spacial score (nSPS) is 10.9. The number of anilines is 1. The summed E-state index contributed by atoms with van der Waals surface area (Å²) in [6.07, 6.45) is 3.28. The Morgan fingerprint density at radius 3 is 2.54 bits per heavy atom. The lowest BCUT2D eigenvalue weighted by Gasteiger charge is -2.04. The molecular formula is C19H13Cl2NOS. The Morgan fingerprint density at radius 1 is 1.00 bits per heavy atom. The molecule has 1 heterocycles. The van der Waals surface area contributed by atoms with E-state index in [1.807, 2.05) is 30.3 Å². The van der Waals surface area contributed by atoms with Crippen LogP contribution < -0.4 is 5.32 Å². The average molecular weight is 374 g/mol. The predicted molar refractivity (Wildman–Crippen MR) is 104 cm³/mol. The van der Waals surface area contributed by atoms with Gasteiger partial charge in [0, 0.05) is 20.9 Å². The smallest absolute Gasteiger partial charge is 0.248 e. The lowest BCUT2D eigenvalue weighted by atomic mass is 10.2. The molecule has 5 heteroatoms. The monoisotopic (exact) mass is 373 g/mol. The molecule has 0 aliphatic rings. The van der Waals surface area contributed by atoms with Crippen molar-refractivity contribution in [3.8, 4) is 10.4 Å². The Hall–Kier alpha value is -2.07. The van der Waals surface area contributed by atoms with Crippen LogP contribution in [0.15, 0.2) is 66.7 Å². The molecule has 0 fully saturated rings. The van der Waals surface area contributed by atoms with Crippen LogP contribution in [0.3, 0.4) is 0 Å². The van der Waals surface area contributed by atoms with Gasteiger partial charge < -0.3 is 5.32 Å². The number of rotatable bonds is 4. The first-order chi connectivity index (χ1) is 11.6. The quantitative estimate of drug-likeness (QED) is 0.528. The van der Waals surface area contributed by atoms with Crippen molar-refractivity contribution in [1.82, 2.24) is 0 Å². The average Bonchev–Trinajstić information content (AvgIpc) is 3.05. The minimum Gasteiger partial charge on any atom is -0.321 e. The number of carbonyl (C=O) groups is 1. The highest BCUT2D eigenvalue weighted by Crippen LogP contribution is 2.29. The Balaban J connectivity index is 1.67. The number of amides is 1. The van der Waals surface area contributed by atoms with E-state index in [4.69, 9.17) is 23.2 Å². The molecule has 1 N–H and O–H groups in total. The van der Waals surface area contributed by atoms with E-state index in [9.17, 15) is 4.79 Å². The van der Waals surface area contributed by atoms with Crippen LogP contribution in [-0.4, -0.2) is 5.91 Å². The fourth-order valence-corrected chi connectivity index (χ4v) is 3.49. The van der Waals surface area contributed by atoms with Gasteiger partial charge in [0.2, 0.25) is 5.91 Å². The van der Waals surface area contributed by atoms with E-state index in [1.165, 1.54) is 11.6 Å². The molecule has 0 radical (unpaired) electrons. The van der Waals surface area contributed by atoms with Gasteiger partial charge in [0.05, 0.1) is 10.7 Å². The molecule has 0 spiro atoms. The second kappa shape index (κ2) is 7.67. The molecule has 2 aromatic carbocycles. The SMILES string of the molecule is O=C(/C=C/c1ccc(-c2ccccc2)s1)Nc1ccc(Cl)cc1Cl. The number of carbonyl (C=O) groups excluding carboxylic acids is 1. The highest BCUT2D eigenvalue weighted by molar-refractivity contribution is 7.16. The van der Waals surface area contributed by atoms with Crippen LogP contribution in [0.1, 0.15) is 4.88 Å². The van der Waals surface area contributed by atoms with Crippen LogP contribution in [0.2, 0.25) is 10.0 Å². The Kier molecular flexibility index (Phi) is 5.36. The van der Waals surface area contributed by atoms with Crippen molar-refractivity contribution in [2.75, 3.05) is 5.32 Å². The number of halogens is 2. The van der Waals surface area contributed by atoms with Crippen molar-refractivity contribution in [3.05, 3.63) is 81.7 Å². The van der Waals surface area contributed by atoms with Crippen LogP contribution in [0.5, 0.6) is 0 Å². The molecule has 0 aliphatic heterocycles. The van der Waals surface area contributed by atoms with E-state index in [-0.39, 0.29) is 5.91 Å². The summed E-state index contributed by atoms with van der Waals surface area (Å²) in [5, 5.41) is 3.67. The molecule has 0 saturated heterocycles. The van der Waals surface area contributed by atoms with Gasteiger partial charge in [0.1, 0.15) is 0 Å². The summed E-state index contributed by atoms with van der Waals surface area (Å²) in [5.41, 5.74) is 1.70. The van der Waals surface area contributed by atoms with Gasteiger partial charge in [-0.3, -0.25) is 4.79 Å². The van der Waals surface area contributed by atoms with E-state index in [1.54, 1.807) is 35.6 Å². The summed E-state index contributed by atoms with van der Waals surface area (Å²) >= 11 is 13.5. The van der Waals surface area contributed by atoms with Crippen LogP contribution >= 0.6 is 34.5 Å². The highest BCUT2D eigenvalue weighted by atomic mass is 35.5. The number of hydrogen-bond donors (Lipinski definition) is 1. The third kappa shape index (κ3) is 4.26. The standard InChI is InChI=1S/C19H13Cl2NOS/c20-14-6-9-17(16(21)12-14)22-19(23)11-8-15-7-10-18(24-15)13-4-2-1-3-5-13/h1-12H,(H,22,23)/b11-8+. The van der Waals surface area contributed by atoms with Crippen LogP contribution in [0, 0.1) is 0 Å². The van der Waals surface area contributed by atoms with Crippen molar-refractivity contribution >= 4 is 52.2 Å². The zero-order valence-corrected chi connectivity index (χ0v) is 14.8. The summed E-state index contributed by atoms with van der Waals surface area (Å²) in [6.45, 7) is 0. The summed E-state index contributed by atoms with van der Waals surface area (Å²) < 4.78 is 0. The van der Waals surface area contributed by atoms with Crippen molar-refractivity contribution in [1.29, 1.82) is 0 Å². The topological polar surface area (TPSA) is 29.1 Å². The second-order valence-electron chi connectivity index (χ2n) is 5.01. The summed E-state index contributed by atoms with van der Waals surface area (Å²) in [4.78, 5) is 14.2. The Labute approximate surface area is 154 Å². The third-order valence-corrected chi connectivity index (χ3v) is 4.92. The molecule has 120 valence electrons. The highest BCUT2D eigenvalue weighted by Gasteiger charge is 2.04. The van der Waals surface area contributed by atoms with Crippen molar-refractivity contribution in [2.24, 2.45) is 0 Å². The zero-order valence-electron chi connectivity index (χ0n) is 12.5. The van der Waals surface area contributed by atoms with E-state index in [0.717, 1.165) is 9.75 Å². The molecule has 0 atom stereocenters. The van der Waals surface area contributed by atoms with Crippen LogP contribution in [0.25, 0.3) is 16.5 Å². The minimum absolute atomic E-state index is 0.242. The molecule has 1 amide bonds. The first kappa shape index (κ1) is 16.8. The molecule has 1 aromatic heterocycles. The van der Waals surface area contributed by atoms with E-state index in [0.29, 0.717) is 15.7 Å². The fourth-order valence-electron chi connectivity index (χ4n) is 2.12. The second-order valence-corrected chi connectivity index (χ2v) is 6.97. The first-order valence-corrected chi connectivity index (χ1v) is 8.78. The molecule has 3 rings (SSSR count). The first-order valence-electron chi connectivity index (χ1n) is 7.21. The van der Waals surface area contributed by atoms with Gasteiger partial charge >= 0.3 is 0 Å². The molecule has 2 nitrogen and oxygen atoms in total. The summed E-state index contributed by atoms with van der Waals surface area (Å²) in [7, 11) is 0. The van der Waals surface area contributed by atoms with Crippen LogP contribution in [-0.2, 0) is 4.79 Å². The van der Waals surface area contributed by atoms with Crippen molar-refractivity contribution in [3.63, 3.8) is 0 Å². The Morgan fingerprint density at radius 2 is 1.79 bits per heavy atom. The maximum atomic E-state index is 12.0. The van der Waals surface area contributed by atoms with E-state index < -0.39 is 0 Å². The van der Waals surface area contributed by atoms with Gasteiger partial charge in [-0.05, 0) is 42.0 Å². The van der Waals surface area contributed by atoms with Gasteiger partial charge in [0.15, 0.2) is 0 Å². The molecule has 0 bridgehead atoms.